The van der Waals surface area contributed by atoms with Crippen LogP contribution >= 0.6 is 0 Å². The van der Waals surface area contributed by atoms with Gasteiger partial charge in [0.05, 0.1) is 6.07 Å². The maximum absolute atomic E-state index is 8.51. The lowest BCUT2D eigenvalue weighted by molar-refractivity contribution is 0.955. The molecule has 0 spiro atoms. The molecule has 0 aromatic heterocycles. The molecule has 0 aromatic rings. The van der Waals surface area contributed by atoms with Gasteiger partial charge in [0.1, 0.15) is 0 Å². The average Bonchev–Trinajstić information content (AvgIpc) is 1.98. The number of rotatable bonds is 3. The monoisotopic (exact) mass is 135 g/mol. The average molecular weight is 135 g/mol. The van der Waals surface area contributed by atoms with Crippen molar-refractivity contribution in [3.8, 4) is 6.07 Å². The molecule has 10 heavy (non-hydrogen) atoms. The lowest BCUT2D eigenvalue weighted by Crippen LogP contribution is -1.71. The first-order valence-electron chi connectivity index (χ1n) is 3.58. The van der Waals surface area contributed by atoms with Gasteiger partial charge < -0.3 is 0 Å². The van der Waals surface area contributed by atoms with Gasteiger partial charge in [-0.3, -0.25) is 0 Å². The molecule has 0 radical (unpaired) electrons. The third-order valence-electron chi connectivity index (χ3n) is 1.13. The molecule has 0 saturated heterocycles. The van der Waals surface area contributed by atoms with E-state index in [0.717, 1.165) is 18.4 Å². The Morgan fingerprint density at radius 2 is 2.30 bits per heavy atom. The van der Waals surface area contributed by atoms with E-state index in [2.05, 4.69) is 13.0 Å². The fourth-order valence-corrected chi connectivity index (χ4v) is 0.630. The van der Waals surface area contributed by atoms with Crippen LogP contribution in [0.4, 0.5) is 0 Å². The molecule has 0 heterocycles. The zero-order chi connectivity index (χ0) is 7.82. The van der Waals surface area contributed by atoms with Crippen LogP contribution in [0.3, 0.4) is 0 Å². The minimum absolute atomic E-state index is 0.768. The van der Waals surface area contributed by atoms with E-state index in [4.69, 9.17) is 5.26 Å². The van der Waals surface area contributed by atoms with Gasteiger partial charge in [-0.2, -0.15) is 5.26 Å². The Morgan fingerprint density at radius 3 is 2.70 bits per heavy atom. The van der Waals surface area contributed by atoms with Gasteiger partial charge in [-0.15, -0.1) is 0 Å². The van der Waals surface area contributed by atoms with Crippen LogP contribution in [0, 0.1) is 11.3 Å². The second kappa shape index (κ2) is 6.10. The Kier molecular flexibility index (Phi) is 5.47. The Bertz CT molecular complexity index is 170. The molecule has 0 aliphatic rings. The van der Waals surface area contributed by atoms with E-state index in [-0.39, 0.29) is 0 Å². The summed E-state index contributed by atoms with van der Waals surface area (Å²) in [5.41, 5.74) is 0.768. The summed E-state index contributed by atoms with van der Waals surface area (Å²) in [6.45, 7) is 4.01. The zero-order valence-electron chi connectivity index (χ0n) is 6.59. The van der Waals surface area contributed by atoms with Crippen molar-refractivity contribution in [3.05, 3.63) is 23.8 Å². The molecule has 0 unspecified atom stereocenters. The molecule has 0 bridgehead atoms. The van der Waals surface area contributed by atoms with Gasteiger partial charge in [-0.1, -0.05) is 25.5 Å². The Morgan fingerprint density at radius 1 is 1.60 bits per heavy atom. The van der Waals surface area contributed by atoms with E-state index in [1.54, 1.807) is 0 Å². The molecule has 0 aliphatic carbocycles. The fraction of sp³-hybridized carbons (Fsp3) is 0.444. The topological polar surface area (TPSA) is 23.8 Å². The first-order chi connectivity index (χ1) is 4.85. The van der Waals surface area contributed by atoms with Crippen molar-refractivity contribution in [2.75, 3.05) is 0 Å². The first kappa shape index (κ1) is 8.97. The van der Waals surface area contributed by atoms with Crippen LogP contribution in [-0.2, 0) is 0 Å². The van der Waals surface area contributed by atoms with Crippen molar-refractivity contribution in [2.45, 2.75) is 26.7 Å². The molecular weight excluding hydrogens is 122 g/mol. The highest BCUT2D eigenvalue weighted by Crippen LogP contribution is 1.98. The number of unbranched alkanes of at least 4 members (excludes halogenated alkanes) is 1. The van der Waals surface area contributed by atoms with Crippen LogP contribution < -0.4 is 0 Å². The van der Waals surface area contributed by atoms with Crippen LogP contribution in [0.25, 0.3) is 0 Å². The lowest BCUT2D eigenvalue weighted by Gasteiger charge is -1.86. The molecule has 0 rings (SSSR count). The Labute approximate surface area is 62.7 Å². The fourth-order valence-electron chi connectivity index (χ4n) is 0.630. The molecule has 0 fully saturated rings. The Hall–Kier alpha value is -1.03. The van der Waals surface area contributed by atoms with Crippen LogP contribution in [0.15, 0.2) is 23.8 Å². The van der Waals surface area contributed by atoms with Crippen LogP contribution in [-0.4, -0.2) is 0 Å². The predicted octanol–water partition coefficient (Wildman–Crippen LogP) is 2.81. The van der Waals surface area contributed by atoms with Gasteiger partial charge in [0.25, 0.3) is 0 Å². The third kappa shape index (κ3) is 3.91. The molecule has 0 saturated carbocycles. The minimum atomic E-state index is 0.768. The van der Waals surface area contributed by atoms with Crippen molar-refractivity contribution in [1.29, 1.82) is 5.26 Å². The van der Waals surface area contributed by atoms with Crippen LogP contribution in [0.2, 0.25) is 0 Å². The van der Waals surface area contributed by atoms with E-state index >= 15 is 0 Å². The van der Waals surface area contributed by atoms with E-state index in [9.17, 15) is 0 Å². The van der Waals surface area contributed by atoms with E-state index in [1.807, 2.05) is 25.2 Å². The summed E-state index contributed by atoms with van der Waals surface area (Å²) in [5.74, 6) is 0. The van der Waals surface area contributed by atoms with E-state index in [1.165, 1.54) is 0 Å². The standard InChI is InChI=1S/C9H13N/c1-3-5-7-9(8-10)6-4-2/h4,6-7H,3,5H2,1-2H3/b6-4-,9-7+. The molecule has 54 valence electrons. The summed E-state index contributed by atoms with van der Waals surface area (Å²) >= 11 is 0. The summed E-state index contributed by atoms with van der Waals surface area (Å²) < 4.78 is 0. The SMILES string of the molecule is C/C=C\C(C#N)=C/CCC. The number of hydrogen-bond donors (Lipinski definition) is 0. The molecule has 0 amide bonds. The minimum Gasteiger partial charge on any atom is -0.192 e. The van der Waals surface area contributed by atoms with Crippen molar-refractivity contribution in [2.24, 2.45) is 0 Å². The number of nitriles is 1. The normalized spacial score (nSPS) is 11.9. The van der Waals surface area contributed by atoms with Crippen molar-refractivity contribution >= 4 is 0 Å². The molecule has 1 heteroatoms. The zero-order valence-corrected chi connectivity index (χ0v) is 6.59. The van der Waals surface area contributed by atoms with Crippen LogP contribution in [0.5, 0.6) is 0 Å². The maximum atomic E-state index is 8.51. The van der Waals surface area contributed by atoms with Gasteiger partial charge in [0, 0.05) is 5.57 Å². The van der Waals surface area contributed by atoms with Gasteiger partial charge in [-0.05, 0) is 19.4 Å². The van der Waals surface area contributed by atoms with E-state index < -0.39 is 0 Å². The summed E-state index contributed by atoms with van der Waals surface area (Å²) in [4.78, 5) is 0. The summed E-state index contributed by atoms with van der Waals surface area (Å²) in [6.07, 6.45) is 7.76. The van der Waals surface area contributed by atoms with Crippen LogP contribution in [0.1, 0.15) is 26.7 Å². The first-order valence-corrected chi connectivity index (χ1v) is 3.58. The number of hydrogen-bond acceptors (Lipinski definition) is 1. The summed E-state index contributed by atoms with van der Waals surface area (Å²) in [7, 11) is 0. The molecule has 0 atom stereocenters. The van der Waals surface area contributed by atoms with Crippen molar-refractivity contribution < 1.29 is 0 Å². The third-order valence-corrected chi connectivity index (χ3v) is 1.13. The molecule has 0 aliphatic heterocycles. The maximum Gasteiger partial charge on any atom is 0.0988 e. The largest absolute Gasteiger partial charge is 0.192 e. The molecule has 0 aromatic carbocycles. The second-order valence-corrected chi connectivity index (χ2v) is 2.06. The number of allylic oxidation sites excluding steroid dienone is 4. The Balaban J connectivity index is 3.95. The lowest BCUT2D eigenvalue weighted by atomic mass is 10.2. The van der Waals surface area contributed by atoms with Gasteiger partial charge in [-0.25, -0.2) is 0 Å². The quantitative estimate of drug-likeness (QED) is 0.431. The molecule has 0 N–H and O–H groups in total. The summed E-state index contributed by atoms with van der Waals surface area (Å²) in [6, 6.07) is 2.11. The molecule has 1 nitrogen and oxygen atoms in total. The second-order valence-electron chi connectivity index (χ2n) is 2.06. The van der Waals surface area contributed by atoms with Crippen molar-refractivity contribution in [1.82, 2.24) is 0 Å². The highest BCUT2D eigenvalue weighted by molar-refractivity contribution is 5.32. The number of nitrogens with zero attached hydrogens (tertiary/aromatic N) is 1. The van der Waals surface area contributed by atoms with E-state index in [0.29, 0.717) is 0 Å². The molecular formula is C9H13N. The van der Waals surface area contributed by atoms with Crippen molar-refractivity contribution in [3.63, 3.8) is 0 Å². The smallest absolute Gasteiger partial charge is 0.0988 e. The summed E-state index contributed by atoms with van der Waals surface area (Å²) in [5, 5.41) is 8.51. The highest BCUT2D eigenvalue weighted by Gasteiger charge is 1.84. The van der Waals surface area contributed by atoms with Gasteiger partial charge in [0.15, 0.2) is 0 Å². The highest BCUT2D eigenvalue weighted by atomic mass is 14.2. The van der Waals surface area contributed by atoms with Gasteiger partial charge >= 0.3 is 0 Å². The predicted molar refractivity (Wildman–Crippen MR) is 43.4 cm³/mol. The van der Waals surface area contributed by atoms with Gasteiger partial charge in [0.2, 0.25) is 0 Å².